The number of methoxy groups -OCH3 is 3. The van der Waals surface area contributed by atoms with Crippen LogP contribution in [0.25, 0.3) is 0 Å². The number of nitrogens with one attached hydrogen (secondary N) is 1. The minimum Gasteiger partial charge on any atom is -0.496 e. The standard InChI is InChI=1S/C20H29NO4/c1-12(2)8-15-18(20(15,3)4)19(22)21-11-14-16(24-6)9-13(23-5)10-17(14)25-7/h8-10,15,18H,11H2,1-7H3,(H,21,22). The van der Waals surface area contributed by atoms with Crippen LogP contribution in [-0.2, 0) is 11.3 Å². The third-order valence-corrected chi connectivity index (χ3v) is 4.96. The zero-order valence-electron chi connectivity index (χ0n) is 16.2. The molecular weight excluding hydrogens is 318 g/mol. The molecule has 25 heavy (non-hydrogen) atoms. The normalized spacial score (nSPS) is 20.4. The number of allylic oxidation sites excluding steroid dienone is 2. The smallest absolute Gasteiger partial charge is 0.224 e. The Morgan fingerprint density at radius 3 is 2.12 bits per heavy atom. The third-order valence-electron chi connectivity index (χ3n) is 4.96. The van der Waals surface area contributed by atoms with E-state index in [-0.39, 0.29) is 23.2 Å². The average molecular weight is 347 g/mol. The summed E-state index contributed by atoms with van der Waals surface area (Å²) in [7, 11) is 4.77. The van der Waals surface area contributed by atoms with Crippen molar-refractivity contribution in [3.8, 4) is 17.2 Å². The summed E-state index contributed by atoms with van der Waals surface area (Å²) in [5, 5.41) is 3.04. The summed E-state index contributed by atoms with van der Waals surface area (Å²) >= 11 is 0. The number of ether oxygens (including phenoxy) is 3. The predicted molar refractivity (Wildman–Crippen MR) is 98.1 cm³/mol. The Kier molecular flexibility index (Phi) is 5.65. The van der Waals surface area contributed by atoms with Crippen molar-refractivity contribution in [3.63, 3.8) is 0 Å². The van der Waals surface area contributed by atoms with Crippen molar-refractivity contribution in [1.29, 1.82) is 0 Å². The van der Waals surface area contributed by atoms with Gasteiger partial charge in [-0.15, -0.1) is 0 Å². The van der Waals surface area contributed by atoms with Crippen molar-refractivity contribution in [1.82, 2.24) is 5.32 Å². The molecule has 0 aromatic heterocycles. The lowest BCUT2D eigenvalue weighted by molar-refractivity contribution is -0.123. The molecule has 1 aromatic rings. The van der Waals surface area contributed by atoms with Gasteiger partial charge in [0.05, 0.1) is 39.4 Å². The molecule has 2 rings (SSSR count). The van der Waals surface area contributed by atoms with Crippen molar-refractivity contribution in [2.75, 3.05) is 21.3 Å². The van der Waals surface area contributed by atoms with Crippen LogP contribution in [0.3, 0.4) is 0 Å². The Labute approximate surface area is 150 Å². The first-order chi connectivity index (χ1) is 11.8. The SMILES string of the molecule is COc1cc(OC)c(CNC(=O)C2C(C=C(C)C)C2(C)C)c(OC)c1. The van der Waals surface area contributed by atoms with Crippen molar-refractivity contribution in [3.05, 3.63) is 29.3 Å². The van der Waals surface area contributed by atoms with Crippen molar-refractivity contribution in [2.24, 2.45) is 17.3 Å². The van der Waals surface area contributed by atoms with Crippen molar-refractivity contribution in [2.45, 2.75) is 34.2 Å². The molecule has 0 saturated heterocycles. The Bertz CT molecular complexity index is 649. The topological polar surface area (TPSA) is 56.8 Å². The van der Waals surface area contributed by atoms with Gasteiger partial charge in [-0.25, -0.2) is 0 Å². The van der Waals surface area contributed by atoms with Gasteiger partial charge in [0.25, 0.3) is 0 Å². The van der Waals surface area contributed by atoms with Crippen LogP contribution >= 0.6 is 0 Å². The second-order valence-corrected chi connectivity index (χ2v) is 7.30. The number of amides is 1. The molecule has 2 unspecified atom stereocenters. The van der Waals surface area contributed by atoms with E-state index in [4.69, 9.17) is 14.2 Å². The number of hydrogen-bond acceptors (Lipinski definition) is 4. The van der Waals surface area contributed by atoms with Gasteiger partial charge in [-0.05, 0) is 25.2 Å². The van der Waals surface area contributed by atoms with E-state index in [2.05, 4.69) is 39.1 Å². The Morgan fingerprint density at radius 1 is 1.12 bits per heavy atom. The van der Waals surface area contributed by atoms with Gasteiger partial charge in [0.2, 0.25) is 5.91 Å². The minimum absolute atomic E-state index is 0.00219. The summed E-state index contributed by atoms with van der Waals surface area (Å²) < 4.78 is 16.1. The first-order valence-electron chi connectivity index (χ1n) is 8.47. The van der Waals surface area contributed by atoms with Crippen LogP contribution in [0.1, 0.15) is 33.3 Å². The summed E-state index contributed by atoms with van der Waals surface area (Å²) in [6, 6.07) is 3.58. The first kappa shape index (κ1) is 19.2. The number of benzene rings is 1. The Morgan fingerprint density at radius 2 is 1.68 bits per heavy atom. The fraction of sp³-hybridized carbons (Fsp3) is 0.550. The lowest BCUT2D eigenvalue weighted by Crippen LogP contribution is -2.26. The van der Waals surface area contributed by atoms with Crippen LogP contribution < -0.4 is 19.5 Å². The second kappa shape index (κ2) is 7.38. The number of carbonyl (C=O) groups excluding carboxylic acids is 1. The summed E-state index contributed by atoms with van der Waals surface area (Å²) in [6.07, 6.45) is 2.19. The summed E-state index contributed by atoms with van der Waals surface area (Å²) in [6.45, 7) is 8.75. The van der Waals surface area contributed by atoms with E-state index in [0.717, 1.165) is 5.56 Å². The molecule has 1 fully saturated rings. The molecule has 1 aliphatic carbocycles. The Hall–Kier alpha value is -2.17. The summed E-state index contributed by atoms with van der Waals surface area (Å²) in [5.41, 5.74) is 2.04. The van der Waals surface area contributed by atoms with E-state index >= 15 is 0 Å². The number of carbonyl (C=O) groups is 1. The van der Waals surface area contributed by atoms with Crippen LogP contribution in [0, 0.1) is 17.3 Å². The molecule has 0 aliphatic heterocycles. The molecule has 1 amide bonds. The molecule has 0 radical (unpaired) electrons. The van der Waals surface area contributed by atoms with Gasteiger partial charge in [-0.1, -0.05) is 25.5 Å². The van der Waals surface area contributed by atoms with Crippen LogP contribution in [-0.4, -0.2) is 27.2 Å². The fourth-order valence-electron chi connectivity index (χ4n) is 3.39. The van der Waals surface area contributed by atoms with Gasteiger partial charge in [0.15, 0.2) is 0 Å². The zero-order chi connectivity index (χ0) is 18.8. The van der Waals surface area contributed by atoms with Gasteiger partial charge in [0, 0.05) is 12.1 Å². The quantitative estimate of drug-likeness (QED) is 0.766. The second-order valence-electron chi connectivity index (χ2n) is 7.30. The van der Waals surface area contributed by atoms with Crippen LogP contribution in [0.15, 0.2) is 23.8 Å². The lowest BCUT2D eigenvalue weighted by Gasteiger charge is -2.15. The van der Waals surface area contributed by atoms with Crippen LogP contribution in [0.2, 0.25) is 0 Å². The molecule has 0 heterocycles. The van der Waals surface area contributed by atoms with E-state index in [1.54, 1.807) is 33.5 Å². The average Bonchev–Trinajstić information content (AvgIpc) is 3.11. The van der Waals surface area contributed by atoms with Crippen LogP contribution in [0.5, 0.6) is 17.2 Å². The van der Waals surface area contributed by atoms with Crippen LogP contribution in [0.4, 0.5) is 0 Å². The highest BCUT2D eigenvalue weighted by atomic mass is 16.5. The molecule has 1 aromatic carbocycles. The number of hydrogen-bond donors (Lipinski definition) is 1. The maximum Gasteiger partial charge on any atom is 0.224 e. The van der Waals surface area contributed by atoms with E-state index in [9.17, 15) is 4.79 Å². The maximum atomic E-state index is 12.7. The monoisotopic (exact) mass is 347 g/mol. The van der Waals surface area contributed by atoms with Gasteiger partial charge in [-0.2, -0.15) is 0 Å². The van der Waals surface area contributed by atoms with Gasteiger partial charge >= 0.3 is 0 Å². The number of rotatable bonds is 7. The third kappa shape index (κ3) is 3.91. The summed E-state index contributed by atoms with van der Waals surface area (Å²) in [5.74, 6) is 2.26. The Balaban J connectivity index is 2.14. The zero-order valence-corrected chi connectivity index (χ0v) is 16.2. The molecule has 0 spiro atoms. The molecule has 2 atom stereocenters. The molecule has 5 nitrogen and oxygen atoms in total. The van der Waals surface area contributed by atoms with Gasteiger partial charge in [-0.3, -0.25) is 4.79 Å². The van der Waals surface area contributed by atoms with Gasteiger partial charge in [0.1, 0.15) is 17.2 Å². The minimum atomic E-state index is -0.00453. The van der Waals surface area contributed by atoms with Gasteiger partial charge < -0.3 is 19.5 Å². The molecule has 0 bridgehead atoms. The lowest BCUT2D eigenvalue weighted by atomic mass is 10.1. The van der Waals surface area contributed by atoms with Crippen molar-refractivity contribution < 1.29 is 19.0 Å². The van der Waals surface area contributed by atoms with E-state index in [1.165, 1.54) is 5.57 Å². The van der Waals surface area contributed by atoms with E-state index < -0.39 is 0 Å². The largest absolute Gasteiger partial charge is 0.496 e. The molecule has 1 aliphatic rings. The van der Waals surface area contributed by atoms with E-state index in [1.807, 2.05) is 0 Å². The summed E-state index contributed by atoms with van der Waals surface area (Å²) in [4.78, 5) is 12.7. The molecule has 138 valence electrons. The molecular formula is C20H29NO4. The highest BCUT2D eigenvalue weighted by molar-refractivity contribution is 5.83. The van der Waals surface area contributed by atoms with Crippen molar-refractivity contribution >= 4 is 5.91 Å². The predicted octanol–water partition coefficient (Wildman–Crippen LogP) is 3.57. The highest BCUT2D eigenvalue weighted by Gasteiger charge is 2.60. The molecule has 1 N–H and O–H groups in total. The van der Waals surface area contributed by atoms with E-state index in [0.29, 0.717) is 23.8 Å². The first-order valence-corrected chi connectivity index (χ1v) is 8.47. The maximum absolute atomic E-state index is 12.7. The fourth-order valence-corrected chi connectivity index (χ4v) is 3.39. The molecule has 1 saturated carbocycles. The molecule has 5 heteroatoms. The highest BCUT2D eigenvalue weighted by Crippen LogP contribution is 2.59.